The van der Waals surface area contributed by atoms with Crippen LogP contribution in [0.15, 0.2) is 6.20 Å². The molecule has 0 amide bonds. The predicted octanol–water partition coefficient (Wildman–Crippen LogP) is 0.949. The fraction of sp³-hybridized carbons (Fsp3) is 0.750. The Hall–Kier alpha value is -1.47. The lowest BCUT2D eigenvalue weighted by Gasteiger charge is -2.31. The van der Waals surface area contributed by atoms with Crippen LogP contribution in [-0.4, -0.2) is 51.0 Å². The van der Waals surface area contributed by atoms with E-state index in [1.807, 2.05) is 13.8 Å². The van der Waals surface area contributed by atoms with Gasteiger partial charge in [-0.25, -0.2) is 9.48 Å². The highest BCUT2D eigenvalue weighted by Crippen LogP contribution is 2.21. The van der Waals surface area contributed by atoms with Gasteiger partial charge in [-0.15, -0.1) is 5.10 Å². The van der Waals surface area contributed by atoms with Gasteiger partial charge in [0.2, 0.25) is 0 Å². The van der Waals surface area contributed by atoms with E-state index in [1.54, 1.807) is 0 Å². The number of ether oxygens (including phenoxy) is 2. The second-order valence-corrected chi connectivity index (χ2v) is 4.89. The summed E-state index contributed by atoms with van der Waals surface area (Å²) >= 11 is 0. The normalized spacial score (nSPS) is 27.4. The Kier molecular flexibility index (Phi) is 4.49. The Morgan fingerprint density at radius 2 is 2.21 bits per heavy atom. The summed E-state index contributed by atoms with van der Waals surface area (Å²) in [6.45, 7) is 5.08. The standard InChI is InChI=1S/C12H19N3O4/c1-8-5-10(6-9(2)19-8)18-4-3-15-7-11(12(16)17)13-14-15/h7-10H,3-6H2,1-2H3,(H,16,17). The molecule has 2 unspecified atom stereocenters. The molecule has 0 radical (unpaired) electrons. The van der Waals surface area contributed by atoms with Gasteiger partial charge >= 0.3 is 5.97 Å². The maximum atomic E-state index is 10.6. The molecule has 1 aliphatic heterocycles. The quantitative estimate of drug-likeness (QED) is 0.856. The van der Waals surface area contributed by atoms with Crippen LogP contribution < -0.4 is 0 Å². The van der Waals surface area contributed by atoms with Gasteiger partial charge < -0.3 is 14.6 Å². The summed E-state index contributed by atoms with van der Waals surface area (Å²) in [4.78, 5) is 10.6. The van der Waals surface area contributed by atoms with Crippen LogP contribution in [0.2, 0.25) is 0 Å². The molecule has 0 aromatic carbocycles. The average Bonchev–Trinajstić information content (AvgIpc) is 2.76. The zero-order chi connectivity index (χ0) is 13.8. The molecule has 1 aromatic rings. The smallest absolute Gasteiger partial charge is 0.358 e. The molecule has 2 heterocycles. The molecule has 7 nitrogen and oxygen atoms in total. The third-order valence-electron chi connectivity index (χ3n) is 3.09. The molecule has 0 aliphatic carbocycles. The lowest BCUT2D eigenvalue weighted by atomic mass is 10.0. The third kappa shape index (κ3) is 4.00. The van der Waals surface area contributed by atoms with Crippen molar-refractivity contribution in [2.45, 2.75) is 51.5 Å². The minimum atomic E-state index is -1.07. The number of aromatic nitrogens is 3. The van der Waals surface area contributed by atoms with Crippen molar-refractivity contribution in [2.75, 3.05) is 6.61 Å². The van der Waals surface area contributed by atoms with Gasteiger partial charge in [0.1, 0.15) is 0 Å². The van der Waals surface area contributed by atoms with Crippen LogP contribution in [0.1, 0.15) is 37.2 Å². The molecule has 19 heavy (non-hydrogen) atoms. The number of hydrogen-bond donors (Lipinski definition) is 1. The zero-order valence-corrected chi connectivity index (χ0v) is 11.2. The van der Waals surface area contributed by atoms with E-state index in [9.17, 15) is 4.79 Å². The van der Waals surface area contributed by atoms with E-state index in [1.165, 1.54) is 10.9 Å². The summed E-state index contributed by atoms with van der Waals surface area (Å²) in [6.07, 6.45) is 3.82. The number of carboxylic acid groups (broad SMARTS) is 1. The number of aromatic carboxylic acids is 1. The van der Waals surface area contributed by atoms with Gasteiger partial charge in [0.25, 0.3) is 0 Å². The van der Waals surface area contributed by atoms with Crippen LogP contribution >= 0.6 is 0 Å². The topological polar surface area (TPSA) is 86.5 Å². The number of rotatable bonds is 5. The highest BCUT2D eigenvalue weighted by atomic mass is 16.5. The van der Waals surface area contributed by atoms with Gasteiger partial charge in [0.05, 0.1) is 37.7 Å². The van der Waals surface area contributed by atoms with Crippen molar-refractivity contribution in [3.63, 3.8) is 0 Å². The predicted molar refractivity (Wildman–Crippen MR) is 66.0 cm³/mol. The molecule has 2 atom stereocenters. The van der Waals surface area contributed by atoms with Gasteiger partial charge in [-0.1, -0.05) is 5.21 Å². The van der Waals surface area contributed by atoms with E-state index in [2.05, 4.69) is 10.3 Å². The van der Waals surface area contributed by atoms with Crippen molar-refractivity contribution >= 4 is 5.97 Å². The van der Waals surface area contributed by atoms with Crippen LogP contribution in [0.5, 0.6) is 0 Å². The van der Waals surface area contributed by atoms with Crippen molar-refractivity contribution in [3.8, 4) is 0 Å². The molecule has 1 aliphatic rings. The largest absolute Gasteiger partial charge is 0.476 e. The maximum absolute atomic E-state index is 10.6. The fourth-order valence-corrected chi connectivity index (χ4v) is 2.30. The summed E-state index contributed by atoms with van der Waals surface area (Å²) in [6, 6.07) is 0. The summed E-state index contributed by atoms with van der Waals surface area (Å²) in [7, 11) is 0. The van der Waals surface area contributed by atoms with Crippen LogP contribution in [0.4, 0.5) is 0 Å². The molecule has 0 saturated carbocycles. The Bertz CT molecular complexity index is 424. The first-order valence-electron chi connectivity index (χ1n) is 6.45. The lowest BCUT2D eigenvalue weighted by Crippen LogP contribution is -2.34. The Morgan fingerprint density at radius 3 is 2.79 bits per heavy atom. The van der Waals surface area contributed by atoms with Gasteiger partial charge in [-0.3, -0.25) is 0 Å². The molecule has 1 saturated heterocycles. The molecule has 0 spiro atoms. The Balaban J connectivity index is 1.75. The summed E-state index contributed by atoms with van der Waals surface area (Å²) in [5, 5.41) is 16.0. The molecule has 106 valence electrons. The molecule has 1 N–H and O–H groups in total. The molecular weight excluding hydrogens is 250 g/mol. The van der Waals surface area contributed by atoms with Gasteiger partial charge in [-0.2, -0.15) is 0 Å². The fourth-order valence-electron chi connectivity index (χ4n) is 2.30. The Morgan fingerprint density at radius 1 is 1.53 bits per heavy atom. The van der Waals surface area contributed by atoms with Crippen molar-refractivity contribution in [1.29, 1.82) is 0 Å². The lowest BCUT2D eigenvalue weighted by molar-refractivity contribution is -0.103. The van der Waals surface area contributed by atoms with Crippen molar-refractivity contribution in [3.05, 3.63) is 11.9 Å². The SMILES string of the molecule is CC1CC(OCCn2cc(C(=O)O)nn2)CC(C)O1. The number of carbonyl (C=O) groups is 1. The van der Waals surface area contributed by atoms with Crippen molar-refractivity contribution in [2.24, 2.45) is 0 Å². The number of hydrogen-bond acceptors (Lipinski definition) is 5. The minimum Gasteiger partial charge on any atom is -0.476 e. The zero-order valence-electron chi connectivity index (χ0n) is 11.2. The third-order valence-corrected chi connectivity index (χ3v) is 3.09. The maximum Gasteiger partial charge on any atom is 0.358 e. The first-order valence-corrected chi connectivity index (χ1v) is 6.45. The van der Waals surface area contributed by atoms with E-state index < -0.39 is 5.97 Å². The summed E-state index contributed by atoms with van der Waals surface area (Å²) in [5.74, 6) is -1.07. The molecular formula is C12H19N3O4. The van der Waals surface area contributed by atoms with E-state index in [0.29, 0.717) is 13.2 Å². The first kappa shape index (κ1) is 14.0. The van der Waals surface area contributed by atoms with Crippen molar-refractivity contribution in [1.82, 2.24) is 15.0 Å². The van der Waals surface area contributed by atoms with Crippen LogP contribution in [0, 0.1) is 0 Å². The van der Waals surface area contributed by atoms with Crippen LogP contribution in [-0.2, 0) is 16.0 Å². The van der Waals surface area contributed by atoms with Crippen LogP contribution in [0.25, 0.3) is 0 Å². The minimum absolute atomic E-state index is 0.0479. The highest BCUT2D eigenvalue weighted by Gasteiger charge is 2.24. The van der Waals surface area contributed by atoms with E-state index in [-0.39, 0.29) is 24.0 Å². The number of carboxylic acids is 1. The second kappa shape index (κ2) is 6.12. The second-order valence-electron chi connectivity index (χ2n) is 4.89. The van der Waals surface area contributed by atoms with Gasteiger partial charge in [0.15, 0.2) is 5.69 Å². The van der Waals surface area contributed by atoms with Crippen LogP contribution in [0.3, 0.4) is 0 Å². The van der Waals surface area contributed by atoms with E-state index >= 15 is 0 Å². The summed E-state index contributed by atoms with van der Waals surface area (Å²) in [5.41, 5.74) is -0.0479. The molecule has 1 aromatic heterocycles. The molecule has 7 heteroatoms. The van der Waals surface area contributed by atoms with Crippen molar-refractivity contribution < 1.29 is 19.4 Å². The monoisotopic (exact) mass is 269 g/mol. The molecule has 2 rings (SSSR count). The summed E-state index contributed by atoms with van der Waals surface area (Å²) < 4.78 is 12.9. The van der Waals surface area contributed by atoms with E-state index in [4.69, 9.17) is 14.6 Å². The highest BCUT2D eigenvalue weighted by molar-refractivity contribution is 5.84. The van der Waals surface area contributed by atoms with Gasteiger partial charge in [0, 0.05) is 0 Å². The molecule has 0 bridgehead atoms. The molecule has 1 fully saturated rings. The first-order chi connectivity index (χ1) is 9.04. The average molecular weight is 269 g/mol. The number of nitrogens with zero attached hydrogens (tertiary/aromatic N) is 3. The Labute approximate surface area is 111 Å². The van der Waals surface area contributed by atoms with Gasteiger partial charge in [-0.05, 0) is 26.7 Å². The van der Waals surface area contributed by atoms with E-state index in [0.717, 1.165) is 12.8 Å².